The lowest BCUT2D eigenvalue weighted by atomic mass is 10.0. The van der Waals surface area contributed by atoms with Crippen LogP contribution < -0.4 is 10.2 Å². The molecule has 0 aliphatic carbocycles. The van der Waals surface area contributed by atoms with Gasteiger partial charge in [-0.05, 0) is 36.4 Å². The number of piperazine rings is 2. The molecule has 0 bridgehead atoms. The second-order valence-corrected chi connectivity index (χ2v) is 10.2. The van der Waals surface area contributed by atoms with Crippen LogP contribution >= 0.6 is 12.4 Å². The summed E-state index contributed by atoms with van der Waals surface area (Å²) in [6, 6.07) is 5.49. The average Bonchev–Trinajstić information content (AvgIpc) is 3.02. The Hall–Kier alpha value is -4.79. The van der Waals surface area contributed by atoms with Crippen LogP contribution in [0.3, 0.4) is 0 Å². The van der Waals surface area contributed by atoms with E-state index in [1.807, 2.05) is 12.1 Å². The number of nitrogens with one attached hydrogen (secondary N) is 1. The molecule has 242 valence electrons. The molecular weight excluding hydrogens is 615 g/mol. The molecule has 1 aromatic heterocycles. The first-order chi connectivity index (χ1) is 21.1. The summed E-state index contributed by atoms with van der Waals surface area (Å²) in [6.07, 6.45) is 2.36. The summed E-state index contributed by atoms with van der Waals surface area (Å²) in [5.41, 5.74) is 1.01. The maximum absolute atomic E-state index is 14.0. The number of hydroxylamine groups is 2. The second kappa shape index (κ2) is 15.8. The summed E-state index contributed by atoms with van der Waals surface area (Å²) >= 11 is 0. The number of benzene rings is 1. The number of esters is 1. The number of carbonyl (C=O) groups is 6. The number of rotatable bonds is 9. The van der Waals surface area contributed by atoms with Gasteiger partial charge in [0.1, 0.15) is 17.9 Å². The summed E-state index contributed by atoms with van der Waals surface area (Å²) in [7, 11) is 1.12. The Morgan fingerprint density at radius 2 is 1.62 bits per heavy atom. The van der Waals surface area contributed by atoms with Crippen molar-refractivity contribution >= 4 is 53.7 Å². The molecule has 0 saturated carbocycles. The molecule has 14 nitrogen and oxygen atoms in total. The number of nitrogens with zero attached hydrogens (tertiary/aromatic N) is 5. The summed E-state index contributed by atoms with van der Waals surface area (Å²) < 4.78 is 18.2. The normalized spacial score (nSPS) is 17.1. The molecule has 0 radical (unpaired) electrons. The number of halogens is 2. The highest BCUT2D eigenvalue weighted by atomic mass is 35.5. The van der Waals surface area contributed by atoms with E-state index in [1.54, 1.807) is 17.3 Å². The van der Waals surface area contributed by atoms with Crippen molar-refractivity contribution in [2.45, 2.75) is 31.8 Å². The Morgan fingerprint density at radius 1 is 0.978 bits per heavy atom. The van der Waals surface area contributed by atoms with E-state index in [-0.39, 0.29) is 31.1 Å². The van der Waals surface area contributed by atoms with Gasteiger partial charge in [-0.15, -0.1) is 12.4 Å². The monoisotopic (exact) mass is 648 g/mol. The van der Waals surface area contributed by atoms with Crippen LogP contribution in [0.1, 0.15) is 30.1 Å². The van der Waals surface area contributed by atoms with Gasteiger partial charge in [-0.2, -0.15) is 5.06 Å². The molecule has 1 unspecified atom stereocenters. The lowest BCUT2D eigenvalue weighted by molar-refractivity contribution is -0.207. The Kier molecular flexibility index (Phi) is 12.2. The third kappa shape index (κ3) is 8.88. The van der Waals surface area contributed by atoms with Crippen molar-refractivity contribution in [2.75, 3.05) is 51.3 Å². The molecule has 2 fully saturated rings. The lowest BCUT2D eigenvalue weighted by Gasteiger charge is -2.40. The molecule has 2 aliphatic rings. The number of ether oxygens (including phenoxy) is 1. The highest BCUT2D eigenvalue weighted by Gasteiger charge is 2.43. The Bertz CT molecular complexity index is 1390. The van der Waals surface area contributed by atoms with Crippen molar-refractivity contribution in [2.24, 2.45) is 0 Å². The summed E-state index contributed by atoms with van der Waals surface area (Å²) in [5.74, 6) is -4.93. The van der Waals surface area contributed by atoms with Gasteiger partial charge in [0.25, 0.3) is 11.8 Å². The number of pyridine rings is 1. The number of hydrogen-bond acceptors (Lipinski definition) is 10. The number of hydrogen-bond donors (Lipinski definition) is 1. The van der Waals surface area contributed by atoms with Crippen LogP contribution in [0.5, 0.6) is 0 Å². The minimum absolute atomic E-state index is 0. The van der Waals surface area contributed by atoms with Crippen molar-refractivity contribution in [3.63, 3.8) is 0 Å². The van der Waals surface area contributed by atoms with Crippen LogP contribution in [0.15, 0.2) is 48.8 Å². The Balaban J connectivity index is 0.00000552. The van der Waals surface area contributed by atoms with Crippen LogP contribution in [0.4, 0.5) is 10.1 Å². The number of methoxy groups -OCH3 is 1. The topological polar surface area (TPSA) is 159 Å². The van der Waals surface area contributed by atoms with E-state index in [9.17, 15) is 33.2 Å². The van der Waals surface area contributed by atoms with Gasteiger partial charge in [-0.3, -0.25) is 33.8 Å². The van der Waals surface area contributed by atoms with Gasteiger partial charge in [0.05, 0.1) is 26.5 Å². The van der Waals surface area contributed by atoms with Gasteiger partial charge >= 0.3 is 11.9 Å². The average molecular weight is 649 g/mol. The first kappa shape index (κ1) is 34.7. The SMILES string of the molecule is COC(=O)C[C@H]1C(=O)N(OC(C)=O)CCN1C(=O)C(CC(=O)N1CCN(c2ccncc2)CC1)NC(=O)c1ccc(F)cc1.Cl. The van der Waals surface area contributed by atoms with Crippen molar-refractivity contribution < 1.29 is 42.7 Å². The molecule has 1 N–H and O–H groups in total. The predicted octanol–water partition coefficient (Wildman–Crippen LogP) is 0.560. The molecule has 1 aromatic carbocycles. The summed E-state index contributed by atoms with van der Waals surface area (Å²) in [5, 5.41) is 3.32. The Labute approximate surface area is 264 Å². The molecule has 16 heteroatoms. The summed E-state index contributed by atoms with van der Waals surface area (Å²) in [6.45, 7) is 2.52. The summed E-state index contributed by atoms with van der Waals surface area (Å²) in [4.78, 5) is 91.1. The fraction of sp³-hybridized carbons (Fsp3) is 0.414. The molecule has 2 saturated heterocycles. The second-order valence-electron chi connectivity index (χ2n) is 10.2. The first-order valence-electron chi connectivity index (χ1n) is 13.9. The maximum Gasteiger partial charge on any atom is 0.329 e. The third-order valence-electron chi connectivity index (χ3n) is 7.31. The molecule has 45 heavy (non-hydrogen) atoms. The van der Waals surface area contributed by atoms with E-state index in [0.29, 0.717) is 26.2 Å². The minimum atomic E-state index is -1.44. The molecule has 4 amide bonds. The van der Waals surface area contributed by atoms with Crippen molar-refractivity contribution in [1.82, 2.24) is 25.2 Å². The molecular formula is C29H34ClFN6O8. The minimum Gasteiger partial charge on any atom is -0.469 e. The van der Waals surface area contributed by atoms with Crippen LogP contribution in [0.2, 0.25) is 0 Å². The highest BCUT2D eigenvalue weighted by Crippen LogP contribution is 2.20. The van der Waals surface area contributed by atoms with Crippen molar-refractivity contribution in [1.29, 1.82) is 0 Å². The van der Waals surface area contributed by atoms with Crippen LogP contribution in [-0.4, -0.2) is 114 Å². The van der Waals surface area contributed by atoms with Crippen molar-refractivity contribution in [3.05, 3.63) is 60.2 Å². The predicted molar refractivity (Wildman–Crippen MR) is 158 cm³/mol. The molecule has 3 heterocycles. The third-order valence-corrected chi connectivity index (χ3v) is 7.31. The Morgan fingerprint density at radius 3 is 2.22 bits per heavy atom. The molecule has 4 rings (SSSR count). The van der Waals surface area contributed by atoms with E-state index in [0.717, 1.165) is 41.8 Å². The van der Waals surface area contributed by atoms with E-state index < -0.39 is 66.3 Å². The first-order valence-corrected chi connectivity index (χ1v) is 13.9. The molecule has 2 aromatic rings. The van der Waals surface area contributed by atoms with Gasteiger partial charge in [0, 0.05) is 63.3 Å². The molecule has 2 aliphatic heterocycles. The lowest BCUT2D eigenvalue weighted by Crippen LogP contribution is -2.63. The van der Waals surface area contributed by atoms with E-state index in [1.165, 1.54) is 12.1 Å². The van der Waals surface area contributed by atoms with E-state index in [2.05, 4.69) is 15.2 Å². The van der Waals surface area contributed by atoms with Gasteiger partial charge in [-0.1, -0.05) is 0 Å². The van der Waals surface area contributed by atoms with Gasteiger partial charge in [0.2, 0.25) is 11.8 Å². The van der Waals surface area contributed by atoms with Crippen LogP contribution in [-0.2, 0) is 33.5 Å². The number of anilines is 1. The largest absolute Gasteiger partial charge is 0.469 e. The molecule has 2 atom stereocenters. The number of aromatic nitrogens is 1. The zero-order valence-corrected chi connectivity index (χ0v) is 25.5. The highest BCUT2D eigenvalue weighted by molar-refractivity contribution is 6.00. The fourth-order valence-corrected chi connectivity index (χ4v) is 5.03. The van der Waals surface area contributed by atoms with E-state index in [4.69, 9.17) is 9.57 Å². The van der Waals surface area contributed by atoms with E-state index >= 15 is 0 Å². The van der Waals surface area contributed by atoms with Crippen LogP contribution in [0, 0.1) is 5.82 Å². The van der Waals surface area contributed by atoms with Gasteiger partial charge in [0.15, 0.2) is 0 Å². The fourth-order valence-electron chi connectivity index (χ4n) is 5.03. The van der Waals surface area contributed by atoms with Crippen molar-refractivity contribution in [3.8, 4) is 0 Å². The zero-order chi connectivity index (χ0) is 31.8. The van der Waals surface area contributed by atoms with Gasteiger partial charge in [-0.25, -0.2) is 4.39 Å². The maximum atomic E-state index is 14.0. The zero-order valence-electron chi connectivity index (χ0n) is 24.7. The van der Waals surface area contributed by atoms with Gasteiger partial charge < -0.3 is 29.6 Å². The smallest absolute Gasteiger partial charge is 0.329 e. The number of carbonyl (C=O) groups excluding carboxylic acids is 6. The molecule has 0 spiro atoms. The quantitative estimate of drug-likeness (QED) is 0.381. The number of amides is 4. The van der Waals surface area contributed by atoms with Crippen LogP contribution in [0.25, 0.3) is 0 Å². The standard InChI is InChI=1S/C29H33FN6O8.ClH/c1-19(37)44-36-16-15-35(24(29(36)42)18-26(39)43-2)28(41)23(32-27(40)20-3-5-21(30)6-4-20)17-25(38)34-13-11-33(12-14-34)22-7-9-31-10-8-22;/h3-10,23-24H,11-18H2,1-2H3,(H,32,40);1H/t23?,24-;/m0./s1.